The maximum absolute atomic E-state index is 13.6. The van der Waals surface area contributed by atoms with Gasteiger partial charge in [-0.1, -0.05) is 126 Å². The van der Waals surface area contributed by atoms with Gasteiger partial charge in [-0.3, -0.25) is 10.1 Å². The van der Waals surface area contributed by atoms with Crippen molar-refractivity contribution in [3.63, 3.8) is 0 Å². The first-order valence-corrected chi connectivity index (χ1v) is 17.3. The van der Waals surface area contributed by atoms with Crippen molar-refractivity contribution in [1.82, 2.24) is 5.32 Å². The standard InChI is InChI=1S/C40H56N2O5/c1-6-7-8-9-10-15-21-32-24-18-25-37(42(4)38(30(2)3)40(45)47-29-31-19-13-11-14-20-31)34(32)26-27-35(39(44)46-5)41-36(28-43)33-22-16-12-17-23-33/h11-14,16-20,22-25,30,35-36,38,41,43H,6-10,15,21,26-29H2,1-5H3/t35-,36-,38-/m0/s1. The number of ether oxygens (including phenoxy) is 2. The number of esters is 2. The number of aliphatic hydroxyl groups is 1. The monoisotopic (exact) mass is 644 g/mol. The molecule has 0 aromatic heterocycles. The summed E-state index contributed by atoms with van der Waals surface area (Å²) in [4.78, 5) is 28.7. The zero-order valence-electron chi connectivity index (χ0n) is 29.1. The summed E-state index contributed by atoms with van der Waals surface area (Å²) in [5.74, 6) is -0.632. The summed E-state index contributed by atoms with van der Waals surface area (Å²) in [6, 6.07) is 24.2. The second-order valence-corrected chi connectivity index (χ2v) is 12.8. The minimum atomic E-state index is -0.630. The van der Waals surface area contributed by atoms with Crippen LogP contribution >= 0.6 is 0 Å². The Balaban J connectivity index is 1.89. The van der Waals surface area contributed by atoms with Gasteiger partial charge in [-0.25, -0.2) is 4.79 Å². The molecule has 0 saturated carbocycles. The molecule has 0 saturated heterocycles. The third-order valence-electron chi connectivity index (χ3n) is 8.90. The van der Waals surface area contributed by atoms with Crippen LogP contribution in [0.2, 0.25) is 0 Å². The molecule has 0 heterocycles. The molecular weight excluding hydrogens is 588 g/mol. The number of rotatable bonds is 21. The number of carbonyl (C=O) groups excluding carboxylic acids is 2. The Labute approximate surface area is 282 Å². The molecule has 3 aromatic carbocycles. The minimum Gasteiger partial charge on any atom is -0.468 e. The van der Waals surface area contributed by atoms with Gasteiger partial charge in [0.25, 0.3) is 0 Å². The average molecular weight is 645 g/mol. The predicted molar refractivity (Wildman–Crippen MR) is 190 cm³/mol. The quantitative estimate of drug-likeness (QED) is 0.0913. The van der Waals surface area contributed by atoms with Gasteiger partial charge in [0, 0.05) is 12.7 Å². The highest BCUT2D eigenvalue weighted by molar-refractivity contribution is 5.81. The molecule has 7 heteroatoms. The van der Waals surface area contributed by atoms with Crippen LogP contribution in [0.1, 0.15) is 94.0 Å². The van der Waals surface area contributed by atoms with E-state index < -0.39 is 18.1 Å². The number of aryl methyl sites for hydroxylation is 1. The number of likely N-dealkylation sites (N-methyl/N-ethyl adjacent to an activating group) is 1. The molecule has 2 N–H and O–H groups in total. The Bertz CT molecular complexity index is 1330. The molecule has 0 bridgehead atoms. The second kappa shape index (κ2) is 20.5. The van der Waals surface area contributed by atoms with Gasteiger partial charge in [0.15, 0.2) is 0 Å². The largest absolute Gasteiger partial charge is 0.468 e. The lowest BCUT2D eigenvalue weighted by Crippen LogP contribution is -2.44. The molecule has 0 radical (unpaired) electrons. The Morgan fingerprint density at radius 2 is 1.49 bits per heavy atom. The van der Waals surface area contributed by atoms with E-state index in [2.05, 4.69) is 35.3 Å². The molecule has 47 heavy (non-hydrogen) atoms. The van der Waals surface area contributed by atoms with Crippen LogP contribution in [0.4, 0.5) is 5.69 Å². The van der Waals surface area contributed by atoms with Crippen molar-refractivity contribution in [2.24, 2.45) is 5.92 Å². The van der Waals surface area contributed by atoms with Crippen molar-refractivity contribution in [1.29, 1.82) is 0 Å². The number of benzene rings is 3. The fourth-order valence-electron chi connectivity index (χ4n) is 6.29. The van der Waals surface area contributed by atoms with E-state index in [-0.39, 0.29) is 31.1 Å². The number of hydrogen-bond donors (Lipinski definition) is 2. The average Bonchev–Trinajstić information content (AvgIpc) is 3.09. The summed E-state index contributed by atoms with van der Waals surface area (Å²) in [6.45, 7) is 6.39. The van der Waals surface area contributed by atoms with Gasteiger partial charge in [0.2, 0.25) is 0 Å². The first-order chi connectivity index (χ1) is 22.8. The van der Waals surface area contributed by atoms with Gasteiger partial charge in [0.1, 0.15) is 18.7 Å². The molecule has 0 fully saturated rings. The SMILES string of the molecule is CCCCCCCCc1cccc(N(C)[C@H](C(=O)OCc2ccccc2)C(C)C)c1CC[C@H](N[C@@H](CO)c1ccccc1)C(=O)OC. The maximum atomic E-state index is 13.6. The molecular formula is C40H56N2O5. The van der Waals surface area contributed by atoms with Crippen LogP contribution in [-0.2, 0) is 38.5 Å². The van der Waals surface area contributed by atoms with Crippen molar-refractivity contribution >= 4 is 17.6 Å². The van der Waals surface area contributed by atoms with Crippen molar-refractivity contribution in [2.75, 3.05) is 25.7 Å². The zero-order valence-corrected chi connectivity index (χ0v) is 29.1. The van der Waals surface area contributed by atoms with Gasteiger partial charge in [-0.05, 0) is 59.9 Å². The molecule has 0 aliphatic rings. The summed E-state index contributed by atoms with van der Waals surface area (Å²) in [5, 5.41) is 13.6. The number of aliphatic hydroxyl groups excluding tert-OH is 1. The number of carbonyl (C=O) groups is 2. The van der Waals surface area contributed by atoms with E-state index >= 15 is 0 Å². The van der Waals surface area contributed by atoms with E-state index in [1.165, 1.54) is 44.8 Å². The highest BCUT2D eigenvalue weighted by Gasteiger charge is 2.31. The van der Waals surface area contributed by atoms with E-state index in [1.807, 2.05) is 81.6 Å². The van der Waals surface area contributed by atoms with Crippen LogP contribution in [0.25, 0.3) is 0 Å². The number of hydrogen-bond acceptors (Lipinski definition) is 7. The third-order valence-corrected chi connectivity index (χ3v) is 8.90. The van der Waals surface area contributed by atoms with Crippen LogP contribution in [0, 0.1) is 5.92 Å². The molecule has 3 rings (SSSR count). The fourth-order valence-corrected chi connectivity index (χ4v) is 6.29. The summed E-state index contributed by atoms with van der Waals surface area (Å²) in [5.41, 5.74) is 5.18. The molecule has 3 atom stereocenters. The number of nitrogens with one attached hydrogen (secondary N) is 1. The van der Waals surface area contributed by atoms with Crippen LogP contribution in [0.5, 0.6) is 0 Å². The number of methoxy groups -OCH3 is 1. The van der Waals surface area contributed by atoms with E-state index in [0.29, 0.717) is 12.8 Å². The van der Waals surface area contributed by atoms with Crippen LogP contribution < -0.4 is 10.2 Å². The molecule has 0 spiro atoms. The van der Waals surface area contributed by atoms with E-state index in [9.17, 15) is 14.7 Å². The first kappa shape index (κ1) is 37.8. The molecule has 256 valence electrons. The second-order valence-electron chi connectivity index (χ2n) is 12.8. The normalized spacial score (nSPS) is 13.2. The topological polar surface area (TPSA) is 88.1 Å². The Hall–Kier alpha value is -3.68. The van der Waals surface area contributed by atoms with Crippen LogP contribution in [0.3, 0.4) is 0 Å². The number of unbranched alkanes of at least 4 members (excludes halogenated alkanes) is 5. The van der Waals surface area contributed by atoms with Crippen LogP contribution in [0.15, 0.2) is 78.9 Å². The maximum Gasteiger partial charge on any atom is 0.329 e. The van der Waals surface area contributed by atoms with E-state index in [1.54, 1.807) is 0 Å². The predicted octanol–water partition coefficient (Wildman–Crippen LogP) is 7.59. The summed E-state index contributed by atoms with van der Waals surface area (Å²) >= 11 is 0. The fraction of sp³-hybridized carbons (Fsp3) is 0.500. The highest BCUT2D eigenvalue weighted by Crippen LogP contribution is 2.31. The van der Waals surface area contributed by atoms with Gasteiger partial charge in [-0.15, -0.1) is 0 Å². The highest BCUT2D eigenvalue weighted by atomic mass is 16.5. The van der Waals surface area contributed by atoms with E-state index in [4.69, 9.17) is 9.47 Å². The van der Waals surface area contributed by atoms with Crippen molar-refractivity contribution < 1.29 is 24.2 Å². The minimum absolute atomic E-state index is 0.000913. The van der Waals surface area contributed by atoms with Gasteiger partial charge < -0.3 is 19.5 Å². The molecule has 0 unspecified atom stereocenters. The lowest BCUT2D eigenvalue weighted by atomic mass is 9.92. The molecule has 7 nitrogen and oxygen atoms in total. The lowest BCUT2D eigenvalue weighted by molar-refractivity contribution is -0.147. The summed E-state index contributed by atoms with van der Waals surface area (Å²) in [7, 11) is 3.36. The Morgan fingerprint density at radius 1 is 0.830 bits per heavy atom. The first-order valence-electron chi connectivity index (χ1n) is 17.3. The van der Waals surface area contributed by atoms with Crippen molar-refractivity contribution in [2.45, 2.75) is 103 Å². The molecule has 3 aromatic rings. The molecule has 0 aliphatic heterocycles. The van der Waals surface area contributed by atoms with Crippen molar-refractivity contribution in [3.05, 3.63) is 101 Å². The molecule has 0 aliphatic carbocycles. The number of anilines is 1. The Kier molecular flexibility index (Phi) is 16.5. The summed E-state index contributed by atoms with van der Waals surface area (Å²) < 4.78 is 11.1. The molecule has 0 amide bonds. The van der Waals surface area contributed by atoms with Gasteiger partial charge >= 0.3 is 11.9 Å². The van der Waals surface area contributed by atoms with Crippen LogP contribution in [-0.4, -0.2) is 49.9 Å². The van der Waals surface area contributed by atoms with E-state index in [0.717, 1.165) is 35.2 Å². The number of nitrogens with zero attached hydrogens (tertiary/aromatic N) is 1. The van der Waals surface area contributed by atoms with Crippen molar-refractivity contribution in [3.8, 4) is 0 Å². The summed E-state index contributed by atoms with van der Waals surface area (Å²) in [6.07, 6.45) is 9.20. The third kappa shape index (κ3) is 11.8. The lowest BCUT2D eigenvalue weighted by Gasteiger charge is -2.33. The zero-order chi connectivity index (χ0) is 34.0. The van der Waals surface area contributed by atoms with Gasteiger partial charge in [-0.2, -0.15) is 0 Å². The van der Waals surface area contributed by atoms with Gasteiger partial charge in [0.05, 0.1) is 19.8 Å². The smallest absolute Gasteiger partial charge is 0.329 e. The Morgan fingerprint density at radius 3 is 2.13 bits per heavy atom.